The van der Waals surface area contributed by atoms with E-state index in [1.54, 1.807) is 52.8 Å². The highest BCUT2D eigenvalue weighted by molar-refractivity contribution is 7.99. The topological polar surface area (TPSA) is 91.0 Å². The molecule has 1 unspecified atom stereocenters. The van der Waals surface area contributed by atoms with Gasteiger partial charge in [0, 0.05) is 29.0 Å². The van der Waals surface area contributed by atoms with Crippen LogP contribution in [0.4, 0.5) is 5.69 Å². The summed E-state index contributed by atoms with van der Waals surface area (Å²) in [5.74, 6) is 1.06. The van der Waals surface area contributed by atoms with Crippen molar-refractivity contribution in [2.45, 2.75) is 17.6 Å². The second kappa shape index (κ2) is 8.33. The van der Waals surface area contributed by atoms with Gasteiger partial charge in [-0.15, -0.1) is 0 Å². The second-order valence-electron chi connectivity index (χ2n) is 7.29. The van der Waals surface area contributed by atoms with Gasteiger partial charge in [-0.2, -0.15) is 5.10 Å². The molecule has 0 aliphatic carbocycles. The van der Waals surface area contributed by atoms with Crippen molar-refractivity contribution in [2.75, 3.05) is 18.2 Å². The molecule has 2 aromatic heterocycles. The molecular weight excluding hydrogens is 450 g/mol. The van der Waals surface area contributed by atoms with Gasteiger partial charge in [0.1, 0.15) is 11.1 Å². The lowest BCUT2D eigenvalue weighted by molar-refractivity contribution is -0.116. The van der Waals surface area contributed by atoms with E-state index in [-0.39, 0.29) is 23.9 Å². The van der Waals surface area contributed by atoms with Gasteiger partial charge in [0.05, 0.1) is 25.0 Å². The first kappa shape index (κ1) is 20.6. The zero-order chi connectivity index (χ0) is 22.2. The highest BCUT2D eigenvalue weighted by atomic mass is 35.5. The van der Waals surface area contributed by atoms with Crippen LogP contribution in [0.2, 0.25) is 5.02 Å². The molecule has 1 aliphatic heterocycles. The van der Waals surface area contributed by atoms with Gasteiger partial charge in [-0.05, 0) is 30.3 Å². The third kappa shape index (κ3) is 3.74. The average Bonchev–Trinajstić information content (AvgIpc) is 3.39. The van der Waals surface area contributed by atoms with E-state index in [4.69, 9.17) is 16.3 Å². The van der Waals surface area contributed by atoms with E-state index < -0.39 is 0 Å². The van der Waals surface area contributed by atoms with Crippen LogP contribution in [0.5, 0.6) is 5.75 Å². The Morgan fingerprint density at radius 2 is 2.12 bits per heavy atom. The largest absolute Gasteiger partial charge is 0.497 e. The third-order valence-electron chi connectivity index (χ3n) is 5.20. The molecule has 1 atom stereocenters. The predicted octanol–water partition coefficient (Wildman–Crippen LogP) is 3.92. The van der Waals surface area contributed by atoms with Crippen LogP contribution in [-0.2, 0) is 4.79 Å². The molecule has 0 fully saturated rings. The van der Waals surface area contributed by atoms with Crippen molar-refractivity contribution in [3.05, 3.63) is 70.1 Å². The number of rotatable bonds is 5. The number of amides is 1. The van der Waals surface area contributed by atoms with E-state index in [2.05, 4.69) is 15.4 Å². The summed E-state index contributed by atoms with van der Waals surface area (Å²) in [4.78, 5) is 30.6. The normalized spacial score (nSPS) is 15.0. The van der Waals surface area contributed by atoms with Crippen LogP contribution in [0.15, 0.2) is 64.7 Å². The Bertz CT molecular complexity index is 1400. The maximum absolute atomic E-state index is 13.2. The number of thioether (sulfide) groups is 1. The fourth-order valence-corrected chi connectivity index (χ4v) is 5.02. The average molecular weight is 468 g/mol. The van der Waals surface area contributed by atoms with Gasteiger partial charge in [0.25, 0.3) is 5.56 Å². The maximum atomic E-state index is 13.2. The maximum Gasteiger partial charge on any atom is 0.265 e. The monoisotopic (exact) mass is 467 g/mol. The fourth-order valence-electron chi connectivity index (χ4n) is 3.70. The van der Waals surface area contributed by atoms with Gasteiger partial charge in [-0.25, -0.2) is 9.67 Å². The molecule has 2 aromatic carbocycles. The lowest BCUT2D eigenvalue weighted by atomic mass is 10.2. The number of benzene rings is 2. The summed E-state index contributed by atoms with van der Waals surface area (Å²) in [6, 6.07) is 14.1. The first-order chi connectivity index (χ1) is 15.5. The molecule has 1 N–H and O–H groups in total. The summed E-state index contributed by atoms with van der Waals surface area (Å²) in [5, 5.41) is 8.76. The van der Waals surface area contributed by atoms with Gasteiger partial charge in [-0.3, -0.25) is 14.2 Å². The summed E-state index contributed by atoms with van der Waals surface area (Å²) in [7, 11) is 1.57. The van der Waals surface area contributed by atoms with E-state index >= 15 is 0 Å². The molecule has 3 heterocycles. The Balaban J connectivity index is 1.43. The summed E-state index contributed by atoms with van der Waals surface area (Å²) in [6.07, 6.45) is 1.67. The quantitative estimate of drug-likeness (QED) is 0.447. The van der Waals surface area contributed by atoms with Crippen molar-refractivity contribution in [2.24, 2.45) is 0 Å². The molecule has 1 amide bonds. The van der Waals surface area contributed by atoms with E-state index in [1.807, 2.05) is 12.1 Å². The van der Waals surface area contributed by atoms with Crippen molar-refractivity contribution >= 4 is 46.0 Å². The number of fused-ring (bicyclic) bond motifs is 2. The Hall–Kier alpha value is -3.30. The number of nitrogens with one attached hydrogen (secondary N) is 1. The Morgan fingerprint density at radius 3 is 2.94 bits per heavy atom. The van der Waals surface area contributed by atoms with E-state index in [1.165, 1.54) is 18.0 Å². The van der Waals surface area contributed by atoms with Crippen molar-refractivity contribution < 1.29 is 9.53 Å². The third-order valence-corrected chi connectivity index (χ3v) is 6.53. The van der Waals surface area contributed by atoms with E-state index in [0.29, 0.717) is 38.4 Å². The number of carbonyl (C=O) groups is 1. The standard InChI is InChI=1S/C22H18ClN5O3S/c1-31-17-7-3-5-14(9-17)25-19(29)10-16-12-32-22-26-20-18(21(30)27(16)22)11-24-28(20)15-6-2-4-13(23)8-15/h2-9,11,16H,10,12H2,1H3,(H,25,29). The highest BCUT2D eigenvalue weighted by Crippen LogP contribution is 2.33. The first-order valence-electron chi connectivity index (χ1n) is 9.86. The minimum Gasteiger partial charge on any atom is -0.497 e. The molecule has 32 heavy (non-hydrogen) atoms. The van der Waals surface area contributed by atoms with E-state index in [9.17, 15) is 9.59 Å². The van der Waals surface area contributed by atoms with Crippen molar-refractivity contribution in [1.82, 2.24) is 19.3 Å². The first-order valence-corrected chi connectivity index (χ1v) is 11.2. The molecule has 4 aromatic rings. The Kier molecular flexibility index (Phi) is 5.36. The Morgan fingerprint density at radius 1 is 1.28 bits per heavy atom. The highest BCUT2D eigenvalue weighted by Gasteiger charge is 2.29. The number of aromatic nitrogens is 4. The van der Waals surface area contributed by atoms with E-state index in [0.717, 1.165) is 5.69 Å². The van der Waals surface area contributed by atoms with Gasteiger partial charge < -0.3 is 10.1 Å². The molecule has 10 heteroatoms. The summed E-state index contributed by atoms with van der Waals surface area (Å²) >= 11 is 7.56. The number of anilines is 1. The molecular formula is C22H18ClN5O3S. The number of ether oxygens (including phenoxy) is 1. The molecule has 0 bridgehead atoms. The van der Waals surface area contributed by atoms with Gasteiger partial charge in [0.2, 0.25) is 5.91 Å². The number of carbonyl (C=O) groups excluding carboxylic acids is 1. The molecule has 1 aliphatic rings. The smallest absolute Gasteiger partial charge is 0.265 e. The lowest BCUT2D eigenvalue weighted by Crippen LogP contribution is -2.27. The van der Waals surface area contributed by atoms with Gasteiger partial charge in [-0.1, -0.05) is 35.5 Å². The van der Waals surface area contributed by atoms with Crippen LogP contribution < -0.4 is 15.6 Å². The zero-order valence-corrected chi connectivity index (χ0v) is 18.6. The molecule has 8 nitrogen and oxygen atoms in total. The summed E-state index contributed by atoms with van der Waals surface area (Å²) in [6.45, 7) is 0. The fraction of sp³-hybridized carbons (Fsp3) is 0.182. The summed E-state index contributed by atoms with van der Waals surface area (Å²) < 4.78 is 8.39. The molecule has 0 radical (unpaired) electrons. The number of hydrogen-bond acceptors (Lipinski definition) is 6. The molecule has 0 saturated heterocycles. The van der Waals surface area contributed by atoms with Crippen LogP contribution in [0, 0.1) is 0 Å². The lowest BCUT2D eigenvalue weighted by Gasteiger charge is -2.14. The number of halogens is 1. The van der Waals surface area contributed by atoms with Crippen molar-refractivity contribution in [3.8, 4) is 11.4 Å². The molecule has 0 spiro atoms. The van der Waals surface area contributed by atoms with Crippen LogP contribution in [-0.4, -0.2) is 38.1 Å². The van der Waals surface area contributed by atoms with Gasteiger partial charge in [0.15, 0.2) is 10.8 Å². The minimum atomic E-state index is -0.292. The minimum absolute atomic E-state index is 0.159. The Labute approximate surface area is 192 Å². The van der Waals surface area contributed by atoms with Crippen LogP contribution in [0.25, 0.3) is 16.7 Å². The number of hydrogen-bond donors (Lipinski definition) is 1. The van der Waals surface area contributed by atoms with Crippen LogP contribution >= 0.6 is 23.4 Å². The van der Waals surface area contributed by atoms with Crippen molar-refractivity contribution in [1.29, 1.82) is 0 Å². The van der Waals surface area contributed by atoms with Crippen LogP contribution in [0.1, 0.15) is 12.5 Å². The SMILES string of the molecule is COc1cccc(NC(=O)CC2CSc3nc4c(cnn4-c4cccc(Cl)c4)c(=O)n32)c1. The zero-order valence-electron chi connectivity index (χ0n) is 17.0. The molecule has 162 valence electrons. The molecule has 0 saturated carbocycles. The predicted molar refractivity (Wildman–Crippen MR) is 124 cm³/mol. The van der Waals surface area contributed by atoms with Crippen LogP contribution in [0.3, 0.4) is 0 Å². The number of methoxy groups -OCH3 is 1. The van der Waals surface area contributed by atoms with Crippen molar-refractivity contribution in [3.63, 3.8) is 0 Å². The number of nitrogens with zero attached hydrogens (tertiary/aromatic N) is 4. The summed E-state index contributed by atoms with van der Waals surface area (Å²) in [5.41, 5.74) is 1.63. The van der Waals surface area contributed by atoms with Gasteiger partial charge >= 0.3 is 0 Å². The molecule has 5 rings (SSSR count). The second-order valence-corrected chi connectivity index (χ2v) is 8.72.